The number of carbonyl (C=O) groups is 1. The fraction of sp³-hybridized carbons (Fsp3) is 0.706. The van der Waals surface area contributed by atoms with E-state index < -0.39 is 0 Å². The quantitative estimate of drug-likeness (QED) is 0.738. The zero-order valence-corrected chi connectivity index (χ0v) is 13.1. The number of hydrogen-bond donors (Lipinski definition) is 0. The topological polar surface area (TPSA) is 31.2 Å². The zero-order valence-electron chi connectivity index (χ0n) is 13.1. The van der Waals surface area contributed by atoms with Gasteiger partial charge in [0.25, 0.3) is 0 Å². The molecule has 0 aliphatic heterocycles. The molecule has 1 aliphatic rings. The maximum absolute atomic E-state index is 12.3. The number of ether oxygens (including phenoxy) is 1. The lowest BCUT2D eigenvalue weighted by atomic mass is 9.90. The average Bonchev–Trinajstić information content (AvgIpc) is 2.74. The lowest BCUT2D eigenvalue weighted by Crippen LogP contribution is -2.17. The highest BCUT2D eigenvalue weighted by molar-refractivity contribution is 5.98. The molecule has 0 radical (unpaired) electrons. The van der Waals surface area contributed by atoms with Gasteiger partial charge in [0.2, 0.25) is 0 Å². The van der Waals surface area contributed by atoms with Gasteiger partial charge in [-0.1, -0.05) is 19.3 Å². The van der Waals surface area contributed by atoms with Crippen molar-refractivity contribution in [1.82, 2.24) is 4.57 Å². The molecule has 0 spiro atoms. The highest BCUT2D eigenvalue weighted by atomic mass is 16.5. The van der Waals surface area contributed by atoms with E-state index in [-0.39, 0.29) is 12.4 Å². The Hall–Kier alpha value is -1.09. The van der Waals surface area contributed by atoms with Gasteiger partial charge in [-0.25, -0.2) is 0 Å². The third kappa shape index (κ3) is 3.51. The first kappa shape index (κ1) is 15.3. The standard InChI is InChI=1S/C17H27NO2/c1-4-18-13(2)10-16(14(18)3)17(19)12-20-11-15-8-6-5-7-9-15/h10,15H,4-9,11-12H2,1-3H3. The Balaban J connectivity index is 1.85. The predicted molar refractivity (Wildman–Crippen MR) is 81.3 cm³/mol. The number of hydrogen-bond acceptors (Lipinski definition) is 2. The molecule has 0 N–H and O–H groups in total. The van der Waals surface area contributed by atoms with Gasteiger partial charge in [0.15, 0.2) is 5.78 Å². The smallest absolute Gasteiger partial charge is 0.190 e. The van der Waals surface area contributed by atoms with Crippen LogP contribution in [0.15, 0.2) is 6.07 Å². The monoisotopic (exact) mass is 277 g/mol. The summed E-state index contributed by atoms with van der Waals surface area (Å²) in [6.45, 7) is 8.06. The van der Waals surface area contributed by atoms with Crippen LogP contribution in [0, 0.1) is 19.8 Å². The largest absolute Gasteiger partial charge is 0.373 e. The number of Topliss-reactive ketones (excluding diaryl/α,β-unsaturated/α-hetero) is 1. The second-order valence-corrected chi connectivity index (χ2v) is 5.97. The van der Waals surface area contributed by atoms with Gasteiger partial charge in [-0.3, -0.25) is 4.79 Å². The average molecular weight is 277 g/mol. The van der Waals surface area contributed by atoms with Crippen molar-refractivity contribution in [3.05, 3.63) is 23.0 Å². The number of carbonyl (C=O) groups excluding carboxylic acids is 1. The van der Waals surface area contributed by atoms with E-state index in [1.807, 2.05) is 13.0 Å². The molecule has 1 aromatic rings. The first-order chi connectivity index (χ1) is 9.63. The highest BCUT2D eigenvalue weighted by Gasteiger charge is 2.17. The maximum Gasteiger partial charge on any atom is 0.190 e. The number of aryl methyl sites for hydroxylation is 1. The van der Waals surface area contributed by atoms with Crippen LogP contribution < -0.4 is 0 Å². The van der Waals surface area contributed by atoms with Gasteiger partial charge in [-0.05, 0) is 45.6 Å². The van der Waals surface area contributed by atoms with Crippen LogP contribution in [0.25, 0.3) is 0 Å². The highest BCUT2D eigenvalue weighted by Crippen LogP contribution is 2.23. The van der Waals surface area contributed by atoms with Gasteiger partial charge in [0, 0.05) is 23.5 Å². The molecule has 1 saturated carbocycles. The van der Waals surface area contributed by atoms with E-state index in [9.17, 15) is 4.79 Å². The third-order valence-corrected chi connectivity index (χ3v) is 4.50. The summed E-state index contributed by atoms with van der Waals surface area (Å²) in [7, 11) is 0. The van der Waals surface area contributed by atoms with E-state index in [0.29, 0.717) is 5.92 Å². The second kappa shape index (κ2) is 7.07. The lowest BCUT2D eigenvalue weighted by Gasteiger charge is -2.21. The van der Waals surface area contributed by atoms with E-state index in [1.165, 1.54) is 32.1 Å². The Morgan fingerprint density at radius 2 is 2.00 bits per heavy atom. The van der Waals surface area contributed by atoms with Gasteiger partial charge < -0.3 is 9.30 Å². The van der Waals surface area contributed by atoms with Crippen molar-refractivity contribution in [3.63, 3.8) is 0 Å². The summed E-state index contributed by atoms with van der Waals surface area (Å²) in [4.78, 5) is 12.3. The summed E-state index contributed by atoms with van der Waals surface area (Å²) < 4.78 is 7.84. The molecular weight excluding hydrogens is 250 g/mol. The van der Waals surface area contributed by atoms with E-state index in [0.717, 1.165) is 30.1 Å². The molecule has 0 atom stereocenters. The van der Waals surface area contributed by atoms with Gasteiger partial charge in [-0.2, -0.15) is 0 Å². The second-order valence-electron chi connectivity index (χ2n) is 5.97. The van der Waals surface area contributed by atoms with Crippen LogP contribution >= 0.6 is 0 Å². The summed E-state index contributed by atoms with van der Waals surface area (Å²) in [5.74, 6) is 0.785. The normalized spacial score (nSPS) is 16.6. The predicted octanol–water partition coefficient (Wildman–Crippen LogP) is 3.90. The van der Waals surface area contributed by atoms with E-state index in [4.69, 9.17) is 4.74 Å². The van der Waals surface area contributed by atoms with Crippen molar-refractivity contribution in [2.24, 2.45) is 5.92 Å². The minimum Gasteiger partial charge on any atom is -0.373 e. The van der Waals surface area contributed by atoms with Gasteiger partial charge in [0.05, 0.1) is 6.61 Å². The Morgan fingerprint density at radius 3 is 2.60 bits per heavy atom. The zero-order chi connectivity index (χ0) is 14.5. The molecule has 3 heteroatoms. The van der Waals surface area contributed by atoms with Crippen LogP contribution in [-0.2, 0) is 11.3 Å². The molecule has 0 saturated heterocycles. The van der Waals surface area contributed by atoms with E-state index in [2.05, 4.69) is 18.4 Å². The fourth-order valence-corrected chi connectivity index (χ4v) is 3.32. The fourth-order valence-electron chi connectivity index (χ4n) is 3.32. The minimum absolute atomic E-state index is 0.119. The van der Waals surface area contributed by atoms with Crippen molar-refractivity contribution >= 4 is 5.78 Å². The van der Waals surface area contributed by atoms with Crippen molar-refractivity contribution in [2.45, 2.75) is 59.4 Å². The molecule has 0 bridgehead atoms. The van der Waals surface area contributed by atoms with Crippen LogP contribution in [0.3, 0.4) is 0 Å². The lowest BCUT2D eigenvalue weighted by molar-refractivity contribution is 0.0628. The summed E-state index contributed by atoms with van der Waals surface area (Å²) in [5.41, 5.74) is 3.05. The molecule has 20 heavy (non-hydrogen) atoms. The molecule has 3 nitrogen and oxygen atoms in total. The van der Waals surface area contributed by atoms with Crippen molar-refractivity contribution in [1.29, 1.82) is 0 Å². The molecule has 112 valence electrons. The molecular formula is C17H27NO2. The van der Waals surface area contributed by atoms with Gasteiger partial charge in [-0.15, -0.1) is 0 Å². The van der Waals surface area contributed by atoms with Crippen molar-refractivity contribution < 1.29 is 9.53 Å². The van der Waals surface area contributed by atoms with Crippen molar-refractivity contribution in [2.75, 3.05) is 13.2 Å². The first-order valence-electron chi connectivity index (χ1n) is 7.91. The first-order valence-corrected chi connectivity index (χ1v) is 7.91. The van der Waals surface area contributed by atoms with E-state index >= 15 is 0 Å². The molecule has 1 aliphatic carbocycles. The third-order valence-electron chi connectivity index (χ3n) is 4.50. The summed E-state index contributed by atoms with van der Waals surface area (Å²) in [6.07, 6.45) is 6.52. The molecule has 1 fully saturated rings. The molecule has 1 aromatic heterocycles. The number of nitrogens with zero attached hydrogens (tertiary/aromatic N) is 1. The molecule has 0 unspecified atom stereocenters. The summed E-state index contributed by atoms with van der Waals surface area (Å²) in [6, 6.07) is 1.99. The van der Waals surface area contributed by atoms with Crippen molar-refractivity contribution in [3.8, 4) is 0 Å². The molecule has 2 rings (SSSR count). The number of aromatic nitrogens is 1. The summed E-state index contributed by atoms with van der Waals surface area (Å²) >= 11 is 0. The van der Waals surface area contributed by atoms with Crippen LogP contribution in [-0.4, -0.2) is 23.6 Å². The van der Waals surface area contributed by atoms with Crippen LogP contribution in [0.5, 0.6) is 0 Å². The maximum atomic E-state index is 12.3. The SMILES string of the molecule is CCn1c(C)cc(C(=O)COCC2CCCCC2)c1C. The molecule has 0 amide bonds. The number of ketones is 1. The minimum atomic E-state index is 0.119. The Kier molecular flexibility index (Phi) is 5.41. The van der Waals surface area contributed by atoms with Gasteiger partial charge >= 0.3 is 0 Å². The molecule has 0 aromatic carbocycles. The van der Waals surface area contributed by atoms with Crippen LogP contribution in [0.4, 0.5) is 0 Å². The Labute approximate surface area is 122 Å². The Morgan fingerprint density at radius 1 is 1.30 bits per heavy atom. The Bertz CT molecular complexity index is 456. The van der Waals surface area contributed by atoms with Crippen LogP contribution in [0.2, 0.25) is 0 Å². The van der Waals surface area contributed by atoms with E-state index in [1.54, 1.807) is 0 Å². The summed E-state index contributed by atoms with van der Waals surface area (Å²) in [5, 5.41) is 0. The van der Waals surface area contributed by atoms with Gasteiger partial charge in [0.1, 0.15) is 6.61 Å². The number of rotatable bonds is 6. The van der Waals surface area contributed by atoms with Crippen LogP contribution in [0.1, 0.15) is 60.8 Å². The molecule has 1 heterocycles.